The summed E-state index contributed by atoms with van der Waals surface area (Å²) in [6, 6.07) is 13.6. The SMILES string of the molecule is Cc1ccc(C(=O)NNC(=O)COc2ccc(Cl)cc2)cc1. The standard InChI is InChI=1S/C16H15ClN2O3/c1-11-2-4-12(5-3-11)16(21)19-18-15(20)10-22-14-8-6-13(17)7-9-14/h2-9H,10H2,1H3,(H,18,20)(H,19,21). The predicted molar refractivity (Wildman–Crippen MR) is 83.7 cm³/mol. The van der Waals surface area contributed by atoms with Gasteiger partial charge >= 0.3 is 0 Å². The molecule has 2 rings (SSSR count). The number of benzene rings is 2. The smallest absolute Gasteiger partial charge is 0.276 e. The van der Waals surface area contributed by atoms with Crippen LogP contribution in [-0.2, 0) is 4.79 Å². The number of hydrogen-bond acceptors (Lipinski definition) is 3. The number of carbonyl (C=O) groups is 2. The first kappa shape index (κ1) is 15.9. The second-order valence-corrected chi connectivity index (χ2v) is 5.05. The molecule has 5 nitrogen and oxygen atoms in total. The van der Waals surface area contributed by atoms with Crippen molar-refractivity contribution in [3.8, 4) is 5.75 Å². The van der Waals surface area contributed by atoms with Gasteiger partial charge in [0.25, 0.3) is 11.8 Å². The van der Waals surface area contributed by atoms with Gasteiger partial charge in [-0.15, -0.1) is 0 Å². The van der Waals surface area contributed by atoms with Crippen molar-refractivity contribution in [2.45, 2.75) is 6.92 Å². The highest BCUT2D eigenvalue weighted by Crippen LogP contribution is 2.15. The van der Waals surface area contributed by atoms with Crippen LogP contribution in [0.3, 0.4) is 0 Å². The van der Waals surface area contributed by atoms with Crippen molar-refractivity contribution in [2.75, 3.05) is 6.61 Å². The Morgan fingerprint density at radius 2 is 1.64 bits per heavy atom. The van der Waals surface area contributed by atoms with E-state index < -0.39 is 5.91 Å². The molecule has 0 aliphatic heterocycles. The first-order valence-electron chi connectivity index (χ1n) is 6.59. The fourth-order valence-corrected chi connectivity index (χ4v) is 1.75. The maximum Gasteiger partial charge on any atom is 0.276 e. The van der Waals surface area contributed by atoms with Crippen LogP contribution in [0.25, 0.3) is 0 Å². The molecule has 0 bridgehead atoms. The lowest BCUT2D eigenvalue weighted by molar-refractivity contribution is -0.123. The lowest BCUT2D eigenvalue weighted by Crippen LogP contribution is -2.43. The fraction of sp³-hybridized carbons (Fsp3) is 0.125. The summed E-state index contributed by atoms with van der Waals surface area (Å²) in [4.78, 5) is 23.4. The number of hydrazine groups is 1. The second-order valence-electron chi connectivity index (χ2n) is 4.61. The van der Waals surface area contributed by atoms with E-state index in [1.54, 1.807) is 36.4 Å². The van der Waals surface area contributed by atoms with Crippen molar-refractivity contribution in [1.82, 2.24) is 10.9 Å². The molecule has 0 spiro atoms. The summed E-state index contributed by atoms with van der Waals surface area (Å²) in [5.41, 5.74) is 6.13. The zero-order chi connectivity index (χ0) is 15.9. The van der Waals surface area contributed by atoms with Crippen LogP contribution in [0, 0.1) is 6.92 Å². The van der Waals surface area contributed by atoms with Crippen LogP contribution in [0.1, 0.15) is 15.9 Å². The van der Waals surface area contributed by atoms with Gasteiger partial charge in [0.15, 0.2) is 6.61 Å². The van der Waals surface area contributed by atoms with Gasteiger partial charge in [-0.1, -0.05) is 29.3 Å². The average molecular weight is 319 g/mol. The monoisotopic (exact) mass is 318 g/mol. The van der Waals surface area contributed by atoms with Gasteiger partial charge in [-0.25, -0.2) is 0 Å². The molecule has 2 aromatic rings. The van der Waals surface area contributed by atoms with E-state index in [1.165, 1.54) is 0 Å². The van der Waals surface area contributed by atoms with Crippen LogP contribution in [-0.4, -0.2) is 18.4 Å². The van der Waals surface area contributed by atoms with Crippen molar-refractivity contribution in [3.05, 3.63) is 64.7 Å². The van der Waals surface area contributed by atoms with E-state index in [1.807, 2.05) is 19.1 Å². The van der Waals surface area contributed by atoms with E-state index >= 15 is 0 Å². The van der Waals surface area contributed by atoms with Gasteiger partial charge in [0.1, 0.15) is 5.75 Å². The summed E-state index contributed by atoms with van der Waals surface area (Å²) in [5, 5.41) is 0.585. The van der Waals surface area contributed by atoms with Gasteiger partial charge < -0.3 is 4.74 Å². The summed E-state index contributed by atoms with van der Waals surface area (Å²) >= 11 is 5.74. The molecule has 6 heteroatoms. The molecule has 0 aliphatic rings. The number of amides is 2. The van der Waals surface area contributed by atoms with Crippen molar-refractivity contribution in [1.29, 1.82) is 0 Å². The maximum absolute atomic E-state index is 11.8. The highest BCUT2D eigenvalue weighted by molar-refractivity contribution is 6.30. The molecule has 0 fully saturated rings. The molecule has 2 aromatic carbocycles. The molecule has 0 heterocycles. The minimum atomic E-state index is -0.463. The summed E-state index contributed by atoms with van der Waals surface area (Å²) < 4.78 is 5.25. The van der Waals surface area contributed by atoms with E-state index in [9.17, 15) is 9.59 Å². The lowest BCUT2D eigenvalue weighted by atomic mass is 10.1. The minimum Gasteiger partial charge on any atom is -0.484 e. The van der Waals surface area contributed by atoms with E-state index in [0.29, 0.717) is 16.3 Å². The Kier molecular flexibility index (Phi) is 5.38. The molecule has 2 N–H and O–H groups in total. The van der Waals surface area contributed by atoms with Crippen LogP contribution in [0.15, 0.2) is 48.5 Å². The van der Waals surface area contributed by atoms with Crippen LogP contribution in [0.4, 0.5) is 0 Å². The third-order valence-electron chi connectivity index (χ3n) is 2.81. The lowest BCUT2D eigenvalue weighted by Gasteiger charge is -2.09. The third kappa shape index (κ3) is 4.79. The zero-order valence-corrected chi connectivity index (χ0v) is 12.7. The Hall–Kier alpha value is -2.53. The molecular formula is C16H15ClN2O3. The topological polar surface area (TPSA) is 67.4 Å². The van der Waals surface area contributed by atoms with Crippen LogP contribution < -0.4 is 15.6 Å². The molecule has 0 aliphatic carbocycles. The highest BCUT2D eigenvalue weighted by Gasteiger charge is 2.07. The number of halogens is 1. The van der Waals surface area contributed by atoms with Crippen molar-refractivity contribution >= 4 is 23.4 Å². The Balaban J connectivity index is 1.76. The number of rotatable bonds is 4. The van der Waals surface area contributed by atoms with E-state index in [0.717, 1.165) is 5.56 Å². The van der Waals surface area contributed by atoms with Crippen LogP contribution in [0.2, 0.25) is 5.02 Å². The minimum absolute atomic E-state index is 0.212. The van der Waals surface area contributed by atoms with Crippen molar-refractivity contribution in [3.63, 3.8) is 0 Å². The quantitative estimate of drug-likeness (QED) is 0.851. The zero-order valence-electron chi connectivity index (χ0n) is 11.9. The second kappa shape index (κ2) is 7.47. The molecule has 0 saturated heterocycles. The summed E-state index contributed by atoms with van der Waals surface area (Å²) in [7, 11) is 0. The Morgan fingerprint density at radius 3 is 2.27 bits per heavy atom. The predicted octanol–water partition coefficient (Wildman–Crippen LogP) is 2.49. The van der Waals surface area contributed by atoms with Crippen LogP contribution in [0.5, 0.6) is 5.75 Å². The number of carbonyl (C=O) groups excluding carboxylic acids is 2. The molecule has 0 radical (unpaired) electrons. The summed E-state index contributed by atoms with van der Waals surface area (Å²) in [6.07, 6.45) is 0. The number of nitrogens with one attached hydrogen (secondary N) is 2. The van der Waals surface area contributed by atoms with Crippen molar-refractivity contribution < 1.29 is 14.3 Å². The Morgan fingerprint density at radius 1 is 1.00 bits per heavy atom. The molecule has 22 heavy (non-hydrogen) atoms. The van der Waals surface area contributed by atoms with Gasteiger partial charge in [0.2, 0.25) is 0 Å². The van der Waals surface area contributed by atoms with Crippen molar-refractivity contribution in [2.24, 2.45) is 0 Å². The largest absolute Gasteiger partial charge is 0.484 e. The Labute approximate surface area is 133 Å². The number of ether oxygens (including phenoxy) is 1. The number of aryl methyl sites for hydroxylation is 1. The third-order valence-corrected chi connectivity index (χ3v) is 3.06. The number of hydrogen-bond donors (Lipinski definition) is 2. The van der Waals surface area contributed by atoms with Gasteiger partial charge in [-0.2, -0.15) is 0 Å². The normalized spacial score (nSPS) is 9.91. The van der Waals surface area contributed by atoms with Gasteiger partial charge in [0.05, 0.1) is 0 Å². The molecule has 0 unspecified atom stereocenters. The molecule has 2 amide bonds. The summed E-state index contributed by atoms with van der Waals surface area (Å²) in [5.74, 6) is -0.334. The van der Waals surface area contributed by atoms with Gasteiger partial charge in [-0.05, 0) is 43.3 Å². The van der Waals surface area contributed by atoms with E-state index in [-0.39, 0.29) is 12.5 Å². The molecule has 0 saturated carbocycles. The molecule has 0 atom stereocenters. The highest BCUT2D eigenvalue weighted by atomic mass is 35.5. The van der Waals surface area contributed by atoms with E-state index in [4.69, 9.17) is 16.3 Å². The first-order valence-corrected chi connectivity index (χ1v) is 6.96. The maximum atomic E-state index is 11.8. The first-order chi connectivity index (χ1) is 10.5. The fourth-order valence-electron chi connectivity index (χ4n) is 1.62. The van der Waals surface area contributed by atoms with E-state index in [2.05, 4.69) is 10.9 Å². The average Bonchev–Trinajstić information content (AvgIpc) is 2.52. The van der Waals surface area contributed by atoms with Gasteiger partial charge in [0, 0.05) is 10.6 Å². The molecule has 0 aromatic heterocycles. The summed E-state index contributed by atoms with van der Waals surface area (Å²) in [6.45, 7) is 1.72. The molecular weight excluding hydrogens is 304 g/mol. The Bertz CT molecular complexity index is 654. The van der Waals surface area contributed by atoms with Crippen LogP contribution >= 0.6 is 11.6 Å². The van der Waals surface area contributed by atoms with Gasteiger partial charge in [-0.3, -0.25) is 20.4 Å². The molecule has 114 valence electrons.